The number of carbonyl (C=O) groups excluding carboxylic acids is 1. The number of nitrogens with one attached hydrogen (secondary N) is 2. The molecule has 1 heterocycles. The van der Waals surface area contributed by atoms with Crippen LogP contribution in [-0.4, -0.2) is 39.5 Å². The normalized spacial score (nSPS) is 17.2. The van der Waals surface area contributed by atoms with Gasteiger partial charge in [0.2, 0.25) is 10.0 Å². The molecule has 162 valence electrons. The molecule has 1 amide bonds. The summed E-state index contributed by atoms with van der Waals surface area (Å²) in [7, 11) is -3.61. The molecular formula is C22H28BrN3O3S. The number of benzene rings is 2. The van der Waals surface area contributed by atoms with Crippen LogP contribution < -0.4 is 14.9 Å². The largest absolute Gasteiger partial charge is 0.371 e. The number of carbonyl (C=O) groups is 1. The Morgan fingerprint density at radius 1 is 1.17 bits per heavy atom. The van der Waals surface area contributed by atoms with E-state index in [9.17, 15) is 13.2 Å². The summed E-state index contributed by atoms with van der Waals surface area (Å²) in [6, 6.07) is 14.3. The van der Waals surface area contributed by atoms with Crippen LogP contribution in [0.3, 0.4) is 0 Å². The minimum absolute atomic E-state index is 0.148. The van der Waals surface area contributed by atoms with Gasteiger partial charge in [0, 0.05) is 40.9 Å². The Morgan fingerprint density at radius 2 is 1.87 bits per heavy atom. The van der Waals surface area contributed by atoms with Gasteiger partial charge in [0.05, 0.1) is 4.90 Å². The molecule has 30 heavy (non-hydrogen) atoms. The molecule has 0 bridgehead atoms. The lowest BCUT2D eigenvalue weighted by Gasteiger charge is -2.20. The quantitative estimate of drug-likeness (QED) is 0.641. The molecule has 1 aliphatic heterocycles. The van der Waals surface area contributed by atoms with Gasteiger partial charge in [-0.25, -0.2) is 13.1 Å². The molecule has 2 aromatic carbocycles. The number of halogens is 1. The van der Waals surface area contributed by atoms with Crippen molar-refractivity contribution in [1.82, 2.24) is 10.0 Å². The van der Waals surface area contributed by atoms with E-state index < -0.39 is 15.6 Å². The Morgan fingerprint density at radius 3 is 2.50 bits per heavy atom. The number of rotatable bonds is 6. The lowest BCUT2D eigenvalue weighted by Crippen LogP contribution is -2.40. The zero-order valence-electron chi connectivity index (χ0n) is 17.5. The van der Waals surface area contributed by atoms with Gasteiger partial charge < -0.3 is 10.2 Å². The molecule has 1 atom stereocenters. The summed E-state index contributed by atoms with van der Waals surface area (Å²) < 4.78 is 28.4. The van der Waals surface area contributed by atoms with E-state index in [1.165, 1.54) is 17.8 Å². The molecule has 1 fully saturated rings. The van der Waals surface area contributed by atoms with Gasteiger partial charge in [-0.15, -0.1) is 0 Å². The van der Waals surface area contributed by atoms with E-state index >= 15 is 0 Å². The Balaban J connectivity index is 1.54. The van der Waals surface area contributed by atoms with Gasteiger partial charge in [0.25, 0.3) is 5.91 Å². The smallest absolute Gasteiger partial charge is 0.251 e. The second-order valence-electron chi connectivity index (χ2n) is 8.67. The van der Waals surface area contributed by atoms with E-state index in [-0.39, 0.29) is 10.8 Å². The molecule has 0 radical (unpaired) electrons. The number of anilines is 1. The zero-order valence-corrected chi connectivity index (χ0v) is 19.9. The molecular weight excluding hydrogens is 466 g/mol. The molecule has 1 unspecified atom stereocenters. The highest BCUT2D eigenvalue weighted by atomic mass is 79.9. The second-order valence-corrected chi connectivity index (χ2v) is 11.3. The Kier molecular flexibility index (Phi) is 6.89. The molecule has 1 aliphatic rings. The highest BCUT2D eigenvalue weighted by Gasteiger charge is 2.24. The van der Waals surface area contributed by atoms with Crippen molar-refractivity contribution in [1.29, 1.82) is 0 Å². The molecule has 1 saturated heterocycles. The molecule has 0 spiro atoms. The second kappa shape index (κ2) is 9.08. The summed E-state index contributed by atoms with van der Waals surface area (Å²) in [5, 5.41) is 2.98. The maximum Gasteiger partial charge on any atom is 0.251 e. The number of hydrogen-bond acceptors (Lipinski definition) is 4. The Hall–Kier alpha value is -1.90. The Bertz CT molecular complexity index is 1000. The molecule has 6 nitrogen and oxygen atoms in total. The minimum Gasteiger partial charge on any atom is -0.371 e. The van der Waals surface area contributed by atoms with Gasteiger partial charge in [-0.1, -0.05) is 22.0 Å². The van der Waals surface area contributed by atoms with Gasteiger partial charge in [-0.3, -0.25) is 4.79 Å². The molecule has 2 aromatic rings. The van der Waals surface area contributed by atoms with Crippen LogP contribution in [0.25, 0.3) is 0 Å². The highest BCUT2D eigenvalue weighted by molar-refractivity contribution is 9.10. The summed E-state index contributed by atoms with van der Waals surface area (Å²) in [6.45, 7) is 7.80. The van der Waals surface area contributed by atoms with Gasteiger partial charge in [0.15, 0.2) is 0 Å². The van der Waals surface area contributed by atoms with Crippen molar-refractivity contribution in [2.24, 2.45) is 5.92 Å². The molecule has 0 saturated carbocycles. The first-order valence-electron chi connectivity index (χ1n) is 9.96. The monoisotopic (exact) mass is 493 g/mol. The maximum absolute atomic E-state index is 12.5. The predicted molar refractivity (Wildman–Crippen MR) is 123 cm³/mol. The summed E-state index contributed by atoms with van der Waals surface area (Å²) in [5.74, 6) is 0.187. The van der Waals surface area contributed by atoms with Crippen molar-refractivity contribution in [3.05, 3.63) is 58.6 Å². The number of amides is 1. The first-order valence-corrected chi connectivity index (χ1v) is 12.2. The zero-order chi connectivity index (χ0) is 21.9. The third kappa shape index (κ3) is 6.06. The van der Waals surface area contributed by atoms with Gasteiger partial charge in [-0.2, -0.15) is 0 Å². The van der Waals surface area contributed by atoms with Crippen LogP contribution in [-0.2, 0) is 10.0 Å². The molecule has 2 N–H and O–H groups in total. The van der Waals surface area contributed by atoms with Crippen LogP contribution in [0.5, 0.6) is 0 Å². The highest BCUT2D eigenvalue weighted by Crippen LogP contribution is 2.26. The van der Waals surface area contributed by atoms with E-state index in [0.29, 0.717) is 18.0 Å². The lowest BCUT2D eigenvalue weighted by molar-refractivity contribution is 0.0948. The lowest BCUT2D eigenvalue weighted by atomic mass is 10.1. The van der Waals surface area contributed by atoms with Gasteiger partial charge in [-0.05, 0) is 75.6 Å². The van der Waals surface area contributed by atoms with Gasteiger partial charge >= 0.3 is 0 Å². The van der Waals surface area contributed by atoms with Crippen molar-refractivity contribution >= 4 is 37.5 Å². The van der Waals surface area contributed by atoms with Crippen LogP contribution in [0.1, 0.15) is 37.6 Å². The first kappa shape index (κ1) is 22.8. The maximum atomic E-state index is 12.5. The number of sulfonamides is 1. The van der Waals surface area contributed by atoms with Crippen molar-refractivity contribution in [3.8, 4) is 0 Å². The van der Waals surface area contributed by atoms with Crippen LogP contribution in [0.4, 0.5) is 5.69 Å². The molecule has 8 heteroatoms. The third-order valence-corrected chi connectivity index (χ3v) is 7.14. The average molecular weight is 494 g/mol. The Labute approximate surface area is 187 Å². The summed E-state index contributed by atoms with van der Waals surface area (Å²) >= 11 is 3.51. The number of nitrogens with zero attached hydrogens (tertiary/aromatic N) is 1. The van der Waals surface area contributed by atoms with Crippen molar-refractivity contribution < 1.29 is 13.2 Å². The average Bonchev–Trinajstić information content (AvgIpc) is 3.13. The van der Waals surface area contributed by atoms with E-state index in [0.717, 1.165) is 24.0 Å². The fraction of sp³-hybridized carbons (Fsp3) is 0.409. The predicted octanol–water partition coefficient (Wildman–Crippen LogP) is 3.78. The standard InChI is InChI=1S/C22H28BrN3O3S/c1-22(2,3)25-30(28,29)20-9-7-17(8-10-20)21(27)24-14-16-11-12-26(15-16)19-6-4-5-18(23)13-19/h4-10,13,16,25H,11-12,14-15H2,1-3H3,(H,24,27). The summed E-state index contributed by atoms with van der Waals surface area (Å²) in [4.78, 5) is 15.0. The van der Waals surface area contributed by atoms with Crippen LogP contribution in [0.15, 0.2) is 57.9 Å². The van der Waals surface area contributed by atoms with Crippen LogP contribution in [0.2, 0.25) is 0 Å². The minimum atomic E-state index is -3.61. The van der Waals surface area contributed by atoms with Gasteiger partial charge in [0.1, 0.15) is 0 Å². The molecule has 0 aromatic heterocycles. The van der Waals surface area contributed by atoms with E-state index in [1.807, 2.05) is 12.1 Å². The fourth-order valence-corrected chi connectivity index (χ4v) is 5.30. The fourth-order valence-electron chi connectivity index (χ4n) is 3.49. The molecule has 3 rings (SSSR count). The summed E-state index contributed by atoms with van der Waals surface area (Å²) in [6.07, 6.45) is 1.02. The first-order chi connectivity index (χ1) is 14.0. The SMILES string of the molecule is CC(C)(C)NS(=O)(=O)c1ccc(C(=O)NCC2CCN(c3cccc(Br)c3)C2)cc1. The third-order valence-electron chi connectivity index (χ3n) is 4.88. The van der Waals surface area contributed by atoms with E-state index in [1.54, 1.807) is 32.9 Å². The van der Waals surface area contributed by atoms with Crippen molar-refractivity contribution in [2.45, 2.75) is 37.6 Å². The number of hydrogen-bond donors (Lipinski definition) is 2. The van der Waals surface area contributed by atoms with Crippen LogP contribution >= 0.6 is 15.9 Å². The van der Waals surface area contributed by atoms with Crippen molar-refractivity contribution in [2.75, 3.05) is 24.5 Å². The van der Waals surface area contributed by atoms with E-state index in [2.05, 4.69) is 43.0 Å². The summed E-state index contributed by atoms with van der Waals surface area (Å²) in [5.41, 5.74) is 1.06. The van der Waals surface area contributed by atoms with Crippen molar-refractivity contribution in [3.63, 3.8) is 0 Å². The topological polar surface area (TPSA) is 78.5 Å². The molecule has 0 aliphatic carbocycles. The van der Waals surface area contributed by atoms with Crippen LogP contribution in [0, 0.1) is 5.92 Å². The van der Waals surface area contributed by atoms with E-state index in [4.69, 9.17) is 0 Å².